The molecule has 0 unspecified atom stereocenters. The van der Waals surface area contributed by atoms with E-state index in [0.717, 1.165) is 18.7 Å². The lowest BCUT2D eigenvalue weighted by Crippen LogP contribution is -2.35. The van der Waals surface area contributed by atoms with E-state index in [-0.39, 0.29) is 6.09 Å². The summed E-state index contributed by atoms with van der Waals surface area (Å²) in [5.41, 5.74) is 0.652. The molecule has 14 heavy (non-hydrogen) atoms. The molecule has 1 aliphatic heterocycles. The van der Waals surface area contributed by atoms with Gasteiger partial charge in [-0.3, -0.25) is 4.99 Å². The largest absolute Gasteiger partial charge is 0.444 e. The first-order valence-corrected chi connectivity index (χ1v) is 4.85. The second kappa shape index (κ2) is 3.98. The molecule has 1 aliphatic rings. The monoisotopic (exact) mass is 198 g/mol. The summed E-state index contributed by atoms with van der Waals surface area (Å²) >= 11 is 0. The standard InChI is InChI=1S/C10H18N2O2/c1-10(2,3)14-9(13)12-6-5-8(7-12)11-4/h5-7H2,1-4H3. The third kappa shape index (κ3) is 3.01. The average molecular weight is 198 g/mol. The number of hydrogen-bond acceptors (Lipinski definition) is 3. The molecule has 1 fully saturated rings. The number of carbonyl (C=O) groups excluding carboxylic acids is 1. The normalized spacial score (nSPS) is 20.3. The Kier molecular flexibility index (Phi) is 3.13. The van der Waals surface area contributed by atoms with Crippen LogP contribution in [0.5, 0.6) is 0 Å². The Labute approximate surface area is 84.9 Å². The van der Waals surface area contributed by atoms with Crippen LogP contribution < -0.4 is 0 Å². The molecule has 1 amide bonds. The Morgan fingerprint density at radius 1 is 1.50 bits per heavy atom. The number of amides is 1. The van der Waals surface area contributed by atoms with Crippen LogP contribution in [0.1, 0.15) is 27.2 Å². The summed E-state index contributed by atoms with van der Waals surface area (Å²) in [6, 6.07) is 0. The molecule has 1 rings (SSSR count). The summed E-state index contributed by atoms with van der Waals surface area (Å²) in [4.78, 5) is 17.3. The van der Waals surface area contributed by atoms with Crippen LogP contribution in [0.4, 0.5) is 4.79 Å². The molecule has 1 heterocycles. The number of hydrogen-bond donors (Lipinski definition) is 0. The summed E-state index contributed by atoms with van der Waals surface area (Å²) in [6.07, 6.45) is 0.631. The van der Waals surface area contributed by atoms with Gasteiger partial charge in [0, 0.05) is 25.7 Å². The van der Waals surface area contributed by atoms with Crippen molar-refractivity contribution in [2.24, 2.45) is 4.99 Å². The molecule has 0 spiro atoms. The molecule has 0 N–H and O–H groups in total. The van der Waals surface area contributed by atoms with Crippen LogP contribution in [0.25, 0.3) is 0 Å². The molecular formula is C10H18N2O2. The van der Waals surface area contributed by atoms with Crippen LogP contribution in [-0.2, 0) is 4.74 Å². The lowest BCUT2D eigenvalue weighted by molar-refractivity contribution is 0.0302. The van der Waals surface area contributed by atoms with Crippen LogP contribution in [-0.4, -0.2) is 42.4 Å². The minimum absolute atomic E-state index is 0.240. The lowest BCUT2D eigenvalue weighted by atomic mass is 10.2. The average Bonchev–Trinajstić information content (AvgIpc) is 2.48. The SMILES string of the molecule is CN=C1CCN(C(=O)OC(C)(C)C)C1. The highest BCUT2D eigenvalue weighted by Crippen LogP contribution is 2.13. The molecule has 1 saturated heterocycles. The third-order valence-corrected chi connectivity index (χ3v) is 2.01. The van der Waals surface area contributed by atoms with E-state index in [9.17, 15) is 4.79 Å². The molecule has 0 bridgehead atoms. The summed E-state index contributed by atoms with van der Waals surface area (Å²) < 4.78 is 5.25. The molecule has 4 nitrogen and oxygen atoms in total. The topological polar surface area (TPSA) is 41.9 Å². The van der Waals surface area contributed by atoms with Crippen molar-refractivity contribution in [3.63, 3.8) is 0 Å². The first-order chi connectivity index (χ1) is 6.42. The second-order valence-electron chi connectivity index (χ2n) is 4.44. The van der Waals surface area contributed by atoms with Gasteiger partial charge in [0.25, 0.3) is 0 Å². The van der Waals surface area contributed by atoms with Crippen molar-refractivity contribution in [2.75, 3.05) is 20.1 Å². The van der Waals surface area contributed by atoms with Gasteiger partial charge in [-0.15, -0.1) is 0 Å². The van der Waals surface area contributed by atoms with E-state index in [4.69, 9.17) is 4.74 Å². The van der Waals surface area contributed by atoms with Crippen molar-refractivity contribution in [1.82, 2.24) is 4.90 Å². The zero-order chi connectivity index (χ0) is 10.8. The first kappa shape index (κ1) is 11.0. The van der Waals surface area contributed by atoms with Crippen molar-refractivity contribution in [3.05, 3.63) is 0 Å². The van der Waals surface area contributed by atoms with Crippen molar-refractivity contribution in [1.29, 1.82) is 0 Å². The Morgan fingerprint density at radius 2 is 2.14 bits per heavy atom. The van der Waals surface area contributed by atoms with Crippen LogP contribution in [0.2, 0.25) is 0 Å². The summed E-state index contributed by atoms with van der Waals surface area (Å²) in [5, 5.41) is 0. The molecule has 0 aromatic rings. The smallest absolute Gasteiger partial charge is 0.410 e. The Hall–Kier alpha value is -1.06. The van der Waals surface area contributed by atoms with E-state index in [0.29, 0.717) is 6.54 Å². The van der Waals surface area contributed by atoms with Gasteiger partial charge in [0.1, 0.15) is 5.60 Å². The number of ether oxygens (including phenoxy) is 1. The molecule has 0 atom stereocenters. The summed E-state index contributed by atoms with van der Waals surface area (Å²) in [5.74, 6) is 0. The van der Waals surface area contributed by atoms with E-state index in [2.05, 4.69) is 4.99 Å². The Morgan fingerprint density at radius 3 is 2.57 bits per heavy atom. The molecule has 80 valence electrons. The molecule has 4 heteroatoms. The predicted molar refractivity (Wildman–Crippen MR) is 55.8 cm³/mol. The van der Waals surface area contributed by atoms with Crippen molar-refractivity contribution in [2.45, 2.75) is 32.8 Å². The fourth-order valence-corrected chi connectivity index (χ4v) is 1.31. The molecule has 0 aliphatic carbocycles. The molecule has 0 aromatic heterocycles. The molecule has 0 saturated carbocycles. The van der Waals surface area contributed by atoms with Crippen molar-refractivity contribution in [3.8, 4) is 0 Å². The van der Waals surface area contributed by atoms with Gasteiger partial charge in [0.2, 0.25) is 0 Å². The number of likely N-dealkylation sites (tertiary alicyclic amines) is 1. The first-order valence-electron chi connectivity index (χ1n) is 4.85. The maximum absolute atomic E-state index is 11.6. The van der Waals surface area contributed by atoms with E-state index in [1.807, 2.05) is 20.8 Å². The van der Waals surface area contributed by atoms with Crippen LogP contribution >= 0.6 is 0 Å². The highest BCUT2D eigenvalue weighted by atomic mass is 16.6. The van der Waals surface area contributed by atoms with Crippen molar-refractivity contribution >= 4 is 11.8 Å². The highest BCUT2D eigenvalue weighted by Gasteiger charge is 2.26. The number of aliphatic imine (C=N–C) groups is 1. The van der Waals surface area contributed by atoms with E-state index in [1.54, 1.807) is 11.9 Å². The third-order valence-electron chi connectivity index (χ3n) is 2.01. The van der Waals surface area contributed by atoms with E-state index < -0.39 is 5.60 Å². The van der Waals surface area contributed by atoms with Gasteiger partial charge < -0.3 is 9.64 Å². The quantitative estimate of drug-likeness (QED) is 0.594. The van der Waals surface area contributed by atoms with E-state index >= 15 is 0 Å². The van der Waals surface area contributed by atoms with Crippen LogP contribution in [0, 0.1) is 0 Å². The van der Waals surface area contributed by atoms with Gasteiger partial charge in [0.05, 0.1) is 6.54 Å². The minimum atomic E-state index is -0.413. The number of carbonyl (C=O) groups is 1. The minimum Gasteiger partial charge on any atom is -0.444 e. The zero-order valence-corrected chi connectivity index (χ0v) is 9.33. The van der Waals surface area contributed by atoms with Gasteiger partial charge in [-0.05, 0) is 20.8 Å². The lowest BCUT2D eigenvalue weighted by Gasteiger charge is -2.23. The van der Waals surface area contributed by atoms with Gasteiger partial charge in [-0.2, -0.15) is 0 Å². The fourth-order valence-electron chi connectivity index (χ4n) is 1.31. The van der Waals surface area contributed by atoms with Gasteiger partial charge in [-0.1, -0.05) is 0 Å². The molecule has 0 aromatic carbocycles. The van der Waals surface area contributed by atoms with Crippen molar-refractivity contribution < 1.29 is 9.53 Å². The number of rotatable bonds is 0. The fraction of sp³-hybridized carbons (Fsp3) is 0.800. The number of nitrogens with zero attached hydrogens (tertiary/aromatic N) is 2. The Balaban J connectivity index is 2.48. The predicted octanol–water partition coefficient (Wildman–Crippen LogP) is 1.70. The van der Waals surface area contributed by atoms with E-state index in [1.165, 1.54) is 0 Å². The van der Waals surface area contributed by atoms with Crippen LogP contribution in [0.15, 0.2) is 4.99 Å². The maximum Gasteiger partial charge on any atom is 0.410 e. The highest BCUT2D eigenvalue weighted by molar-refractivity contribution is 5.91. The summed E-state index contributed by atoms with van der Waals surface area (Å²) in [6.45, 7) is 6.95. The maximum atomic E-state index is 11.6. The Bertz CT molecular complexity index is 253. The van der Waals surface area contributed by atoms with Crippen LogP contribution in [0.3, 0.4) is 0 Å². The van der Waals surface area contributed by atoms with Gasteiger partial charge >= 0.3 is 6.09 Å². The van der Waals surface area contributed by atoms with Gasteiger partial charge in [-0.25, -0.2) is 4.79 Å². The second-order valence-corrected chi connectivity index (χ2v) is 4.44. The molecule has 0 radical (unpaired) electrons. The zero-order valence-electron chi connectivity index (χ0n) is 9.33. The summed E-state index contributed by atoms with van der Waals surface area (Å²) in [7, 11) is 1.76. The van der Waals surface area contributed by atoms with Gasteiger partial charge in [0.15, 0.2) is 0 Å². The molecular weight excluding hydrogens is 180 g/mol.